The van der Waals surface area contributed by atoms with Gasteiger partial charge < -0.3 is 4.57 Å². The van der Waals surface area contributed by atoms with Gasteiger partial charge in [-0.2, -0.15) is 5.26 Å². The van der Waals surface area contributed by atoms with Crippen molar-refractivity contribution in [3.05, 3.63) is 35.1 Å². The van der Waals surface area contributed by atoms with Crippen LogP contribution in [-0.2, 0) is 13.0 Å². The molecular weight excluding hydrogens is 274 g/mol. The number of fused-ring (bicyclic) bond motifs is 1. The number of para-hydroxylation sites is 2. The minimum Gasteiger partial charge on any atom is -0.320 e. The Morgan fingerprint density at radius 1 is 1.35 bits per heavy atom. The van der Waals surface area contributed by atoms with Crippen LogP contribution in [0.25, 0.3) is 11.0 Å². The van der Waals surface area contributed by atoms with E-state index in [4.69, 9.17) is 11.1 Å². The Kier molecular flexibility index (Phi) is 3.28. The summed E-state index contributed by atoms with van der Waals surface area (Å²) in [6.45, 7) is 0.525. The normalized spacial score (nSPS) is 10.6. The molecule has 7 nitrogen and oxygen atoms in total. The summed E-state index contributed by atoms with van der Waals surface area (Å²) in [4.78, 5) is 4.48. The van der Waals surface area contributed by atoms with E-state index in [-0.39, 0.29) is 6.42 Å². The quantitative estimate of drug-likeness (QED) is 0.552. The van der Waals surface area contributed by atoms with Crippen LogP contribution in [0.3, 0.4) is 0 Å². The molecule has 3 N–H and O–H groups in total. The summed E-state index contributed by atoms with van der Waals surface area (Å²) in [6.07, 6.45) is 0.259. The van der Waals surface area contributed by atoms with E-state index in [1.54, 1.807) is 0 Å². The van der Waals surface area contributed by atoms with Gasteiger partial charge in [-0.15, -0.1) is 10.2 Å². The number of nitrogens with two attached hydrogens (primary N) is 1. The van der Waals surface area contributed by atoms with Crippen molar-refractivity contribution in [2.45, 2.75) is 13.0 Å². The second-order valence-electron chi connectivity index (χ2n) is 4.08. The molecule has 0 atom stereocenters. The lowest BCUT2D eigenvalue weighted by Crippen LogP contribution is -2.05. The molecule has 0 aliphatic rings. The van der Waals surface area contributed by atoms with Crippen molar-refractivity contribution >= 4 is 27.5 Å². The largest absolute Gasteiger partial charge is 0.320 e. The number of hydrogen-bond donors (Lipinski definition) is 2. The third kappa shape index (κ3) is 2.20. The van der Waals surface area contributed by atoms with Crippen molar-refractivity contribution in [1.29, 1.82) is 5.26 Å². The van der Waals surface area contributed by atoms with Crippen LogP contribution in [0.4, 0.5) is 5.13 Å². The zero-order valence-electron chi connectivity index (χ0n) is 10.4. The first-order valence-electron chi connectivity index (χ1n) is 5.92. The lowest BCUT2D eigenvalue weighted by molar-refractivity contribution is 0.754. The molecule has 1 aromatic carbocycles. The van der Waals surface area contributed by atoms with Gasteiger partial charge in [-0.1, -0.05) is 23.5 Å². The zero-order chi connectivity index (χ0) is 13.9. The molecule has 3 rings (SSSR count). The van der Waals surface area contributed by atoms with E-state index in [0.717, 1.165) is 21.9 Å². The van der Waals surface area contributed by atoms with Crippen LogP contribution in [0.5, 0.6) is 0 Å². The molecule has 0 amide bonds. The summed E-state index contributed by atoms with van der Waals surface area (Å²) >= 11 is 1.38. The van der Waals surface area contributed by atoms with E-state index in [1.165, 1.54) is 11.3 Å². The first-order valence-corrected chi connectivity index (χ1v) is 6.73. The van der Waals surface area contributed by atoms with E-state index >= 15 is 0 Å². The second-order valence-corrected chi connectivity index (χ2v) is 5.15. The summed E-state index contributed by atoms with van der Waals surface area (Å²) < 4.78 is 1.99. The molecule has 0 aliphatic heterocycles. The third-order valence-corrected chi connectivity index (χ3v) is 3.69. The molecule has 0 unspecified atom stereocenters. The molecule has 0 saturated heterocycles. The van der Waals surface area contributed by atoms with Crippen molar-refractivity contribution in [3.8, 4) is 6.07 Å². The van der Waals surface area contributed by atoms with E-state index in [9.17, 15) is 0 Å². The molecule has 0 bridgehead atoms. The summed E-state index contributed by atoms with van der Waals surface area (Å²) in [6, 6.07) is 9.92. The monoisotopic (exact) mass is 285 g/mol. The van der Waals surface area contributed by atoms with Gasteiger partial charge in [0.15, 0.2) is 0 Å². The lowest BCUT2D eigenvalue weighted by Gasteiger charge is -2.04. The third-order valence-electron chi connectivity index (χ3n) is 2.85. The van der Waals surface area contributed by atoms with Crippen LogP contribution in [0.1, 0.15) is 10.8 Å². The van der Waals surface area contributed by atoms with Crippen molar-refractivity contribution in [1.82, 2.24) is 19.7 Å². The number of rotatable bonds is 4. The predicted molar refractivity (Wildman–Crippen MR) is 75.9 cm³/mol. The van der Waals surface area contributed by atoms with Crippen LogP contribution < -0.4 is 11.3 Å². The van der Waals surface area contributed by atoms with Gasteiger partial charge in [-0.05, 0) is 12.1 Å². The Morgan fingerprint density at radius 3 is 2.95 bits per heavy atom. The van der Waals surface area contributed by atoms with Crippen LogP contribution in [0.15, 0.2) is 24.3 Å². The van der Waals surface area contributed by atoms with Crippen molar-refractivity contribution in [2.75, 3.05) is 5.43 Å². The first kappa shape index (κ1) is 12.5. The number of nitrogens with zero attached hydrogens (tertiary/aromatic N) is 5. The number of nitriles is 1. The molecule has 0 radical (unpaired) electrons. The molecule has 0 aliphatic carbocycles. The molecule has 2 heterocycles. The summed E-state index contributed by atoms with van der Waals surface area (Å²) in [5.74, 6) is 6.03. The average Bonchev–Trinajstić information content (AvgIpc) is 3.05. The summed E-state index contributed by atoms with van der Waals surface area (Å²) in [7, 11) is 0. The Bertz CT molecular complexity index is 783. The highest BCUT2D eigenvalue weighted by atomic mass is 32.1. The number of hydrazine groups is 1. The Labute approximate surface area is 118 Å². The highest BCUT2D eigenvalue weighted by Gasteiger charge is 2.12. The van der Waals surface area contributed by atoms with Gasteiger partial charge in [-0.3, -0.25) is 5.43 Å². The van der Waals surface area contributed by atoms with Crippen LogP contribution >= 0.6 is 11.3 Å². The van der Waals surface area contributed by atoms with E-state index in [2.05, 4.69) is 26.7 Å². The van der Waals surface area contributed by atoms with Crippen LogP contribution in [0, 0.1) is 11.3 Å². The maximum absolute atomic E-state index is 8.92. The van der Waals surface area contributed by atoms with Crippen molar-refractivity contribution < 1.29 is 0 Å². The standard InChI is InChI=1S/C12H11N7S/c13-6-5-10-15-8-3-1-2-4-9(8)19(10)7-11-17-18-12(16-14)20-11/h1-4H,5,7,14H2,(H,16,18). The number of hydrogen-bond acceptors (Lipinski definition) is 7. The SMILES string of the molecule is N#CCc1nc2ccccc2n1Cc1nnc(NN)s1. The minimum absolute atomic E-state index is 0.259. The van der Waals surface area contributed by atoms with Gasteiger partial charge in [-0.25, -0.2) is 10.8 Å². The highest BCUT2D eigenvalue weighted by Crippen LogP contribution is 2.21. The Hall–Kier alpha value is -2.50. The molecule has 2 aromatic heterocycles. The van der Waals surface area contributed by atoms with Crippen molar-refractivity contribution in [3.63, 3.8) is 0 Å². The number of imidazole rings is 1. The van der Waals surface area contributed by atoms with Gasteiger partial charge in [0.2, 0.25) is 5.13 Å². The molecule has 8 heteroatoms. The van der Waals surface area contributed by atoms with E-state index in [1.807, 2.05) is 28.8 Å². The van der Waals surface area contributed by atoms with Gasteiger partial charge in [0.25, 0.3) is 0 Å². The fraction of sp³-hybridized carbons (Fsp3) is 0.167. The van der Waals surface area contributed by atoms with Gasteiger partial charge in [0.1, 0.15) is 10.8 Å². The van der Waals surface area contributed by atoms with E-state index < -0.39 is 0 Å². The van der Waals surface area contributed by atoms with Gasteiger partial charge >= 0.3 is 0 Å². The minimum atomic E-state index is 0.259. The number of benzene rings is 1. The number of anilines is 1. The Balaban J connectivity index is 2.04. The molecule has 3 aromatic rings. The van der Waals surface area contributed by atoms with Crippen LogP contribution in [-0.4, -0.2) is 19.7 Å². The summed E-state index contributed by atoms with van der Waals surface area (Å²) in [5, 5.41) is 18.3. The smallest absolute Gasteiger partial charge is 0.219 e. The lowest BCUT2D eigenvalue weighted by atomic mass is 10.3. The second kappa shape index (κ2) is 5.24. The number of aromatic nitrogens is 4. The molecule has 100 valence electrons. The number of nitrogens with one attached hydrogen (secondary N) is 1. The molecule has 0 saturated carbocycles. The maximum atomic E-state index is 8.92. The van der Waals surface area contributed by atoms with Crippen molar-refractivity contribution in [2.24, 2.45) is 5.84 Å². The molecule has 0 fully saturated rings. The zero-order valence-corrected chi connectivity index (χ0v) is 11.3. The van der Waals surface area contributed by atoms with Gasteiger partial charge in [0.05, 0.1) is 30.1 Å². The predicted octanol–water partition coefficient (Wildman–Crippen LogP) is 1.29. The molecular formula is C12H11N7S. The summed E-state index contributed by atoms with van der Waals surface area (Å²) in [5.41, 5.74) is 4.33. The maximum Gasteiger partial charge on any atom is 0.219 e. The molecule has 0 spiro atoms. The van der Waals surface area contributed by atoms with E-state index in [0.29, 0.717) is 11.7 Å². The highest BCUT2D eigenvalue weighted by molar-refractivity contribution is 7.15. The molecule has 20 heavy (non-hydrogen) atoms. The van der Waals surface area contributed by atoms with Crippen LogP contribution in [0.2, 0.25) is 0 Å². The topological polar surface area (TPSA) is 105 Å². The average molecular weight is 285 g/mol. The fourth-order valence-corrected chi connectivity index (χ4v) is 2.66. The Morgan fingerprint density at radius 2 is 2.20 bits per heavy atom. The van der Waals surface area contributed by atoms with Gasteiger partial charge in [0, 0.05) is 0 Å². The number of nitrogen functional groups attached to an aromatic ring is 1. The fourth-order valence-electron chi connectivity index (χ4n) is 2.02. The first-order chi connectivity index (χ1) is 9.81.